The summed E-state index contributed by atoms with van der Waals surface area (Å²) in [4.78, 5) is 2.67. The van der Waals surface area contributed by atoms with Crippen molar-refractivity contribution in [2.24, 2.45) is 0 Å². The molecule has 3 heteroatoms. The zero-order chi connectivity index (χ0) is 49.8. The van der Waals surface area contributed by atoms with Crippen molar-refractivity contribution in [1.29, 1.82) is 0 Å². The summed E-state index contributed by atoms with van der Waals surface area (Å²) in [5.41, 5.74) is 30.1. The van der Waals surface area contributed by atoms with Gasteiger partial charge < -0.3 is 10.2 Å². The van der Waals surface area contributed by atoms with Gasteiger partial charge in [-0.3, -0.25) is 0 Å². The second-order valence-corrected chi connectivity index (χ2v) is 24.2. The molecule has 2 nitrogen and oxygen atoms in total. The minimum atomic E-state index is 0.0458. The first-order chi connectivity index (χ1) is 33.8. The van der Waals surface area contributed by atoms with Gasteiger partial charge in [-0.1, -0.05) is 170 Å². The maximum absolute atomic E-state index is 4.16. The van der Waals surface area contributed by atoms with E-state index in [9.17, 15) is 0 Å². The predicted molar refractivity (Wildman–Crippen MR) is 309 cm³/mol. The van der Waals surface area contributed by atoms with Crippen LogP contribution in [0.25, 0.3) is 44.5 Å². The fraction of sp³-hybridized carbons (Fsp3) is 0.294. The first-order valence-corrected chi connectivity index (χ1v) is 26.3. The molecule has 8 aromatic carbocycles. The Balaban J connectivity index is 1.21. The first-order valence-electron chi connectivity index (χ1n) is 26.3. The molecule has 3 aliphatic rings. The fourth-order valence-corrected chi connectivity index (χ4v) is 12.6. The van der Waals surface area contributed by atoms with Gasteiger partial charge in [-0.2, -0.15) is 0 Å². The molecule has 0 spiro atoms. The van der Waals surface area contributed by atoms with E-state index in [2.05, 4.69) is 245 Å². The number of hydrogen-bond donors (Lipinski definition) is 1. The van der Waals surface area contributed by atoms with E-state index in [0.29, 0.717) is 0 Å². The van der Waals surface area contributed by atoms with Crippen LogP contribution in [0, 0.1) is 27.7 Å². The van der Waals surface area contributed by atoms with Crippen molar-refractivity contribution in [3.63, 3.8) is 0 Å². The molecular weight excluding hydrogens is 856 g/mol. The van der Waals surface area contributed by atoms with Gasteiger partial charge in [0.15, 0.2) is 7.28 Å². The van der Waals surface area contributed by atoms with E-state index in [1.165, 1.54) is 142 Å². The van der Waals surface area contributed by atoms with Gasteiger partial charge in [0.2, 0.25) is 0 Å². The molecule has 2 aliphatic carbocycles. The molecule has 11 rings (SSSR count). The van der Waals surface area contributed by atoms with Crippen molar-refractivity contribution in [2.45, 2.75) is 130 Å². The Hall–Kier alpha value is -6.58. The molecule has 71 heavy (non-hydrogen) atoms. The van der Waals surface area contributed by atoms with Crippen LogP contribution in [0.5, 0.6) is 0 Å². The average Bonchev–Trinajstić information content (AvgIpc) is 3.34. The second-order valence-electron chi connectivity index (χ2n) is 24.2. The smallest absolute Gasteiger partial charge is 0.198 e. The van der Waals surface area contributed by atoms with E-state index < -0.39 is 0 Å². The normalized spacial score (nSPS) is 16.8. The summed E-state index contributed by atoms with van der Waals surface area (Å²) >= 11 is 0. The highest BCUT2D eigenvalue weighted by Gasteiger charge is 2.40. The molecule has 0 aromatic heterocycles. The maximum atomic E-state index is 4.16. The molecule has 356 valence electrons. The summed E-state index contributed by atoms with van der Waals surface area (Å²) in [5.74, 6) is 0. The number of nitrogens with zero attached hydrogens (tertiary/aromatic N) is 1. The Kier molecular flexibility index (Phi) is 11.2. The third kappa shape index (κ3) is 8.14. The highest BCUT2D eigenvalue weighted by molar-refractivity contribution is 6.73. The summed E-state index contributed by atoms with van der Waals surface area (Å²) in [6.45, 7) is 28.8. The van der Waals surface area contributed by atoms with Crippen molar-refractivity contribution < 1.29 is 0 Å². The number of aryl methyl sites for hydroxylation is 4. The van der Waals surface area contributed by atoms with Crippen molar-refractivity contribution >= 4 is 46.6 Å². The quantitative estimate of drug-likeness (QED) is 0.160. The number of fused-ring (bicyclic) bond motifs is 4. The van der Waals surface area contributed by atoms with Gasteiger partial charge in [-0.05, 0) is 206 Å². The topological polar surface area (TPSA) is 15.3 Å². The lowest BCUT2D eigenvalue weighted by atomic mass is 9.57. The Bertz CT molecular complexity index is 3390. The van der Waals surface area contributed by atoms with Gasteiger partial charge in [-0.15, -0.1) is 0 Å². The monoisotopic (exact) mass is 927 g/mol. The van der Waals surface area contributed by atoms with Crippen molar-refractivity contribution in [2.75, 3.05) is 10.2 Å². The van der Waals surface area contributed by atoms with Crippen molar-refractivity contribution in [1.82, 2.24) is 0 Å². The van der Waals surface area contributed by atoms with Crippen molar-refractivity contribution in [3.8, 4) is 44.5 Å². The summed E-state index contributed by atoms with van der Waals surface area (Å²) in [6.07, 6.45) is 4.71. The summed E-state index contributed by atoms with van der Waals surface area (Å²) in [5, 5.41) is 4.16. The fourth-order valence-electron chi connectivity index (χ4n) is 12.6. The molecule has 1 heterocycles. The number of rotatable bonds is 7. The average molecular weight is 927 g/mol. The van der Waals surface area contributed by atoms with Crippen LogP contribution in [-0.2, 0) is 21.7 Å². The summed E-state index contributed by atoms with van der Waals surface area (Å²) in [7, 11) is 0.803. The number of nitrogens with one attached hydrogen (secondary N) is 1. The molecular formula is C68H71BN2. The third-order valence-corrected chi connectivity index (χ3v) is 17.3. The molecule has 1 N–H and O–H groups in total. The Labute approximate surface area is 425 Å². The lowest BCUT2D eigenvalue weighted by molar-refractivity contribution is 0.332. The van der Waals surface area contributed by atoms with Crippen LogP contribution >= 0.6 is 0 Å². The first kappa shape index (κ1) is 46.8. The number of benzene rings is 8. The molecule has 0 atom stereocenters. The van der Waals surface area contributed by atoms with E-state index >= 15 is 0 Å². The van der Waals surface area contributed by atoms with Gasteiger partial charge in [0.25, 0.3) is 0 Å². The van der Waals surface area contributed by atoms with Gasteiger partial charge in [0.05, 0.1) is 0 Å². The highest BCUT2D eigenvalue weighted by atomic mass is 15.2. The largest absolute Gasteiger partial charge is 0.355 e. The molecule has 0 bridgehead atoms. The summed E-state index contributed by atoms with van der Waals surface area (Å²) < 4.78 is 0. The molecule has 1 aliphatic heterocycles. The number of anilines is 5. The van der Waals surface area contributed by atoms with Crippen LogP contribution in [0.2, 0.25) is 0 Å². The lowest BCUT2D eigenvalue weighted by Gasteiger charge is -2.44. The SMILES string of the molecule is Cc1cc2c(cc1Nc1ccc(-c3ccccc3)cc1-c1cc(-c3c(C)cccc3C)cc3c1Bc1ccc(-c4ccccc4)cc1N3c1cc3c(cc1C)C(C)(C)CCC3(C)C)C(C)(C)CCC2(C)C. The minimum Gasteiger partial charge on any atom is -0.355 e. The van der Waals surface area contributed by atoms with Crippen LogP contribution in [-0.4, -0.2) is 7.28 Å². The van der Waals surface area contributed by atoms with Crippen LogP contribution in [0.1, 0.15) is 126 Å². The van der Waals surface area contributed by atoms with Crippen LogP contribution in [0.15, 0.2) is 152 Å². The Morgan fingerprint density at radius 2 is 0.873 bits per heavy atom. The lowest BCUT2D eigenvalue weighted by Crippen LogP contribution is -2.41. The molecule has 0 fully saturated rings. The molecule has 0 saturated heterocycles. The van der Waals surface area contributed by atoms with Gasteiger partial charge >= 0.3 is 0 Å². The molecule has 0 amide bonds. The highest BCUT2D eigenvalue weighted by Crippen LogP contribution is 2.52. The molecule has 8 aromatic rings. The van der Waals surface area contributed by atoms with Gasteiger partial charge in [0.1, 0.15) is 0 Å². The maximum Gasteiger partial charge on any atom is 0.198 e. The molecule has 0 radical (unpaired) electrons. The molecule has 0 saturated carbocycles. The third-order valence-electron chi connectivity index (χ3n) is 17.3. The van der Waals surface area contributed by atoms with Crippen LogP contribution < -0.4 is 21.1 Å². The predicted octanol–water partition coefficient (Wildman–Crippen LogP) is 17.2. The summed E-state index contributed by atoms with van der Waals surface area (Å²) in [6, 6.07) is 58.2. The van der Waals surface area contributed by atoms with E-state index in [-0.39, 0.29) is 21.7 Å². The standard InChI is InChI=1S/C68H71BN2/c1-42-20-19-21-43(2)63(42)50-37-52(51-36-48(46-22-15-13-16-23-46)27-29-58(51)70-59-40-55-53(34-44(59)3)65(5,6)30-32-67(55,9)10)64-62(39-50)71(61-38-49(26-28-57(61)69-64)47-24-17-14-18-25-47)60-41-56-54(35-45(60)4)66(7,8)31-33-68(56,11)12/h13-29,34-41,69-70H,30-33H2,1-12H3. The van der Waals surface area contributed by atoms with E-state index in [1.807, 2.05) is 0 Å². The van der Waals surface area contributed by atoms with Crippen LogP contribution in [0.3, 0.4) is 0 Å². The minimum absolute atomic E-state index is 0.0458. The van der Waals surface area contributed by atoms with E-state index in [0.717, 1.165) is 19.4 Å². The zero-order valence-corrected chi connectivity index (χ0v) is 44.4. The van der Waals surface area contributed by atoms with Crippen molar-refractivity contribution in [3.05, 3.63) is 196 Å². The Morgan fingerprint density at radius 3 is 1.46 bits per heavy atom. The van der Waals surface area contributed by atoms with Gasteiger partial charge in [0, 0.05) is 34.0 Å². The Morgan fingerprint density at radius 1 is 0.380 bits per heavy atom. The van der Waals surface area contributed by atoms with E-state index in [1.54, 1.807) is 0 Å². The number of hydrogen-bond acceptors (Lipinski definition) is 2. The molecule has 0 unspecified atom stereocenters. The second kappa shape index (κ2) is 17.0. The van der Waals surface area contributed by atoms with E-state index in [4.69, 9.17) is 0 Å². The zero-order valence-electron chi connectivity index (χ0n) is 44.4. The van der Waals surface area contributed by atoms with Gasteiger partial charge in [-0.25, -0.2) is 0 Å². The van der Waals surface area contributed by atoms with Crippen LogP contribution in [0.4, 0.5) is 28.4 Å².